The van der Waals surface area contributed by atoms with Gasteiger partial charge in [0.15, 0.2) is 0 Å². The standard InChI is InChI=1S/C18H29N3/c1-15-10-21(11-16(15)2)18(13-19)8-9-20(14-18)12-17-6-4-3-5-7-17/h3-7,15-16H,8-14,19H2,1-2H3. The van der Waals surface area contributed by atoms with Crippen molar-refractivity contribution in [2.24, 2.45) is 17.6 Å². The molecule has 0 saturated carbocycles. The first kappa shape index (κ1) is 15.0. The second-order valence-electron chi connectivity index (χ2n) is 7.23. The summed E-state index contributed by atoms with van der Waals surface area (Å²) in [6.45, 7) is 11.3. The first-order valence-electron chi connectivity index (χ1n) is 8.34. The molecule has 3 rings (SSSR count). The van der Waals surface area contributed by atoms with Crippen LogP contribution < -0.4 is 5.73 Å². The quantitative estimate of drug-likeness (QED) is 0.921. The molecule has 0 radical (unpaired) electrons. The van der Waals surface area contributed by atoms with E-state index in [0.29, 0.717) is 0 Å². The molecule has 0 amide bonds. The van der Waals surface area contributed by atoms with E-state index >= 15 is 0 Å². The monoisotopic (exact) mass is 287 g/mol. The molecule has 2 fully saturated rings. The number of likely N-dealkylation sites (tertiary alicyclic amines) is 2. The minimum Gasteiger partial charge on any atom is -0.329 e. The van der Waals surface area contributed by atoms with Gasteiger partial charge in [-0.1, -0.05) is 44.2 Å². The van der Waals surface area contributed by atoms with Gasteiger partial charge in [0.1, 0.15) is 0 Å². The van der Waals surface area contributed by atoms with E-state index in [2.05, 4.69) is 54.0 Å². The lowest BCUT2D eigenvalue weighted by Gasteiger charge is -2.38. The Morgan fingerprint density at radius 2 is 1.81 bits per heavy atom. The molecule has 1 aromatic rings. The lowest BCUT2D eigenvalue weighted by Crippen LogP contribution is -2.54. The van der Waals surface area contributed by atoms with E-state index < -0.39 is 0 Å². The largest absolute Gasteiger partial charge is 0.329 e. The van der Waals surface area contributed by atoms with E-state index in [0.717, 1.165) is 31.5 Å². The van der Waals surface area contributed by atoms with E-state index in [1.54, 1.807) is 0 Å². The predicted molar refractivity (Wildman–Crippen MR) is 88.0 cm³/mol. The minimum absolute atomic E-state index is 0.216. The van der Waals surface area contributed by atoms with Crippen LogP contribution in [-0.4, -0.2) is 48.1 Å². The zero-order valence-electron chi connectivity index (χ0n) is 13.5. The summed E-state index contributed by atoms with van der Waals surface area (Å²) in [6, 6.07) is 10.8. The summed E-state index contributed by atoms with van der Waals surface area (Å²) < 4.78 is 0. The molecule has 2 aliphatic rings. The maximum Gasteiger partial charge on any atom is 0.0470 e. The molecule has 1 aromatic carbocycles. The molecule has 2 heterocycles. The lowest BCUT2D eigenvalue weighted by atomic mass is 9.96. The number of nitrogens with zero attached hydrogens (tertiary/aromatic N) is 2. The summed E-state index contributed by atoms with van der Waals surface area (Å²) in [5, 5.41) is 0. The Morgan fingerprint density at radius 1 is 1.14 bits per heavy atom. The van der Waals surface area contributed by atoms with Crippen molar-refractivity contribution >= 4 is 0 Å². The number of nitrogens with two attached hydrogens (primary N) is 1. The Hall–Kier alpha value is -0.900. The van der Waals surface area contributed by atoms with Crippen LogP contribution in [0.25, 0.3) is 0 Å². The second-order valence-corrected chi connectivity index (χ2v) is 7.23. The summed E-state index contributed by atoms with van der Waals surface area (Å²) in [5.74, 6) is 1.60. The summed E-state index contributed by atoms with van der Waals surface area (Å²) in [7, 11) is 0. The van der Waals surface area contributed by atoms with Gasteiger partial charge in [-0.05, 0) is 23.8 Å². The highest BCUT2D eigenvalue weighted by atomic mass is 15.3. The van der Waals surface area contributed by atoms with Crippen LogP contribution in [0.4, 0.5) is 0 Å². The van der Waals surface area contributed by atoms with Crippen molar-refractivity contribution in [2.45, 2.75) is 32.4 Å². The SMILES string of the molecule is CC1CN(C2(CN)CCN(Cc3ccccc3)C2)CC1C. The van der Waals surface area contributed by atoms with Crippen molar-refractivity contribution in [3.63, 3.8) is 0 Å². The highest BCUT2D eigenvalue weighted by molar-refractivity contribution is 5.15. The molecule has 0 aromatic heterocycles. The van der Waals surface area contributed by atoms with Crippen LogP contribution in [0, 0.1) is 11.8 Å². The summed E-state index contributed by atoms with van der Waals surface area (Å²) in [6.07, 6.45) is 1.22. The number of benzene rings is 1. The molecular formula is C18H29N3. The Kier molecular flexibility index (Phi) is 4.34. The van der Waals surface area contributed by atoms with Gasteiger partial charge in [0, 0.05) is 44.8 Å². The smallest absolute Gasteiger partial charge is 0.0470 e. The Balaban J connectivity index is 1.66. The zero-order chi connectivity index (χ0) is 14.9. The molecule has 21 heavy (non-hydrogen) atoms. The van der Waals surface area contributed by atoms with E-state index in [1.165, 1.54) is 31.6 Å². The fraction of sp³-hybridized carbons (Fsp3) is 0.667. The molecule has 0 spiro atoms. The highest BCUT2D eigenvalue weighted by Gasteiger charge is 2.45. The Labute approximate surface area is 129 Å². The van der Waals surface area contributed by atoms with Crippen LogP contribution in [0.1, 0.15) is 25.8 Å². The van der Waals surface area contributed by atoms with Gasteiger partial charge in [-0.25, -0.2) is 0 Å². The van der Waals surface area contributed by atoms with Gasteiger partial charge in [0.2, 0.25) is 0 Å². The van der Waals surface area contributed by atoms with Gasteiger partial charge in [-0.3, -0.25) is 9.80 Å². The van der Waals surface area contributed by atoms with E-state index in [-0.39, 0.29) is 5.54 Å². The van der Waals surface area contributed by atoms with Gasteiger partial charge in [-0.2, -0.15) is 0 Å². The van der Waals surface area contributed by atoms with E-state index in [1.807, 2.05) is 0 Å². The summed E-state index contributed by atoms with van der Waals surface area (Å²) in [4.78, 5) is 5.27. The van der Waals surface area contributed by atoms with E-state index in [9.17, 15) is 0 Å². The van der Waals surface area contributed by atoms with Crippen molar-refractivity contribution in [1.29, 1.82) is 0 Å². The van der Waals surface area contributed by atoms with E-state index in [4.69, 9.17) is 5.73 Å². The van der Waals surface area contributed by atoms with Crippen molar-refractivity contribution in [3.8, 4) is 0 Å². The van der Waals surface area contributed by atoms with Crippen molar-refractivity contribution < 1.29 is 0 Å². The summed E-state index contributed by atoms with van der Waals surface area (Å²) in [5.41, 5.74) is 7.85. The zero-order valence-corrected chi connectivity index (χ0v) is 13.5. The normalized spacial score (nSPS) is 34.6. The molecule has 3 unspecified atom stereocenters. The predicted octanol–water partition coefficient (Wildman–Crippen LogP) is 2.18. The molecule has 3 nitrogen and oxygen atoms in total. The summed E-state index contributed by atoms with van der Waals surface area (Å²) >= 11 is 0. The molecule has 0 bridgehead atoms. The van der Waals surface area contributed by atoms with Crippen LogP contribution in [0.5, 0.6) is 0 Å². The average Bonchev–Trinajstić information content (AvgIpc) is 3.06. The third-order valence-electron chi connectivity index (χ3n) is 5.70. The van der Waals surface area contributed by atoms with Crippen LogP contribution in [-0.2, 0) is 6.54 Å². The first-order valence-corrected chi connectivity index (χ1v) is 8.34. The molecule has 0 aliphatic carbocycles. The van der Waals surface area contributed by atoms with Gasteiger partial charge < -0.3 is 5.73 Å². The van der Waals surface area contributed by atoms with Crippen LogP contribution in [0.3, 0.4) is 0 Å². The highest BCUT2D eigenvalue weighted by Crippen LogP contribution is 2.34. The van der Waals surface area contributed by atoms with Crippen molar-refractivity contribution in [1.82, 2.24) is 9.80 Å². The van der Waals surface area contributed by atoms with Gasteiger partial charge in [0.05, 0.1) is 0 Å². The molecule has 116 valence electrons. The third kappa shape index (κ3) is 3.01. The Bertz CT molecular complexity index is 451. The Morgan fingerprint density at radius 3 is 2.43 bits per heavy atom. The molecule has 3 heteroatoms. The molecule has 2 aliphatic heterocycles. The maximum absolute atomic E-state index is 6.23. The fourth-order valence-electron chi connectivity index (χ4n) is 3.99. The fourth-order valence-corrected chi connectivity index (χ4v) is 3.99. The third-order valence-corrected chi connectivity index (χ3v) is 5.70. The van der Waals surface area contributed by atoms with Crippen molar-refractivity contribution in [3.05, 3.63) is 35.9 Å². The maximum atomic E-state index is 6.23. The van der Waals surface area contributed by atoms with Crippen LogP contribution >= 0.6 is 0 Å². The topological polar surface area (TPSA) is 32.5 Å². The van der Waals surface area contributed by atoms with Gasteiger partial charge in [0.25, 0.3) is 0 Å². The average molecular weight is 287 g/mol. The number of rotatable bonds is 4. The first-order chi connectivity index (χ1) is 10.1. The molecule has 2 saturated heterocycles. The van der Waals surface area contributed by atoms with Crippen molar-refractivity contribution in [2.75, 3.05) is 32.7 Å². The second kappa shape index (κ2) is 6.07. The molecular weight excluding hydrogens is 258 g/mol. The van der Waals surface area contributed by atoms with Gasteiger partial charge >= 0.3 is 0 Å². The lowest BCUT2D eigenvalue weighted by molar-refractivity contribution is 0.120. The number of hydrogen-bond acceptors (Lipinski definition) is 3. The number of hydrogen-bond donors (Lipinski definition) is 1. The minimum atomic E-state index is 0.216. The molecule has 3 atom stereocenters. The van der Waals surface area contributed by atoms with Crippen LogP contribution in [0.2, 0.25) is 0 Å². The van der Waals surface area contributed by atoms with Gasteiger partial charge in [-0.15, -0.1) is 0 Å². The van der Waals surface area contributed by atoms with Crippen LogP contribution in [0.15, 0.2) is 30.3 Å². The molecule has 2 N–H and O–H groups in total.